The molecule has 0 radical (unpaired) electrons. The monoisotopic (exact) mass is 277 g/mol. The first kappa shape index (κ1) is 15.5. The van der Waals surface area contributed by atoms with Crippen LogP contribution in [0.15, 0.2) is 24.3 Å². The van der Waals surface area contributed by atoms with Gasteiger partial charge in [0, 0.05) is 19.7 Å². The molecule has 0 amide bonds. The number of hydrogen-bond acceptors (Lipinski definition) is 3. The minimum absolute atomic E-state index is 0.430. The molecule has 112 valence electrons. The average molecular weight is 277 g/mol. The molecule has 0 aliphatic carbocycles. The minimum Gasteiger partial charge on any atom is -0.387 e. The number of rotatable bonds is 6. The first-order chi connectivity index (χ1) is 9.66. The Balaban J connectivity index is 1.74. The Bertz CT molecular complexity index is 382. The molecule has 0 bridgehead atoms. The molecule has 1 aromatic carbocycles. The normalized spacial score (nSPS) is 21.1. The van der Waals surface area contributed by atoms with E-state index in [1.54, 1.807) is 0 Å². The van der Waals surface area contributed by atoms with Crippen LogP contribution in [0, 0.1) is 5.92 Å². The lowest BCUT2D eigenvalue weighted by Gasteiger charge is -2.23. The third-order valence-corrected chi connectivity index (χ3v) is 4.01. The van der Waals surface area contributed by atoms with Crippen molar-refractivity contribution in [3.63, 3.8) is 0 Å². The number of ether oxygens (including phenoxy) is 1. The number of nitrogens with one attached hydrogen (secondary N) is 1. The lowest BCUT2D eigenvalue weighted by atomic mass is 9.99. The Kier molecular flexibility index (Phi) is 6.02. The fraction of sp³-hybridized carbons (Fsp3) is 0.647. The molecule has 1 aromatic rings. The first-order valence-electron chi connectivity index (χ1n) is 7.73. The Morgan fingerprint density at radius 2 is 1.95 bits per heavy atom. The molecule has 2 N–H and O–H groups in total. The molecule has 2 unspecified atom stereocenters. The van der Waals surface area contributed by atoms with Crippen molar-refractivity contribution in [1.29, 1.82) is 0 Å². The number of aliphatic hydroxyl groups excluding tert-OH is 1. The van der Waals surface area contributed by atoms with E-state index < -0.39 is 6.10 Å². The summed E-state index contributed by atoms with van der Waals surface area (Å²) in [5, 5.41) is 13.5. The van der Waals surface area contributed by atoms with E-state index in [1.165, 1.54) is 12.0 Å². The summed E-state index contributed by atoms with van der Waals surface area (Å²) in [5.41, 5.74) is 2.30. The molecular weight excluding hydrogens is 250 g/mol. The summed E-state index contributed by atoms with van der Waals surface area (Å²) < 4.78 is 5.46. The summed E-state index contributed by atoms with van der Waals surface area (Å²) in [6.45, 7) is 7.66. The number of benzene rings is 1. The van der Waals surface area contributed by atoms with Crippen LogP contribution in [0.5, 0.6) is 0 Å². The highest BCUT2D eigenvalue weighted by Gasteiger charge is 2.14. The van der Waals surface area contributed by atoms with Gasteiger partial charge >= 0.3 is 0 Å². The molecule has 1 fully saturated rings. The second kappa shape index (κ2) is 7.77. The molecule has 1 heterocycles. The summed E-state index contributed by atoms with van der Waals surface area (Å²) in [4.78, 5) is 0. The Hall–Kier alpha value is -0.900. The van der Waals surface area contributed by atoms with Crippen molar-refractivity contribution in [1.82, 2.24) is 5.32 Å². The van der Waals surface area contributed by atoms with Crippen LogP contribution in [-0.4, -0.2) is 31.4 Å². The molecule has 3 nitrogen and oxygen atoms in total. The quantitative estimate of drug-likeness (QED) is 0.840. The van der Waals surface area contributed by atoms with Crippen molar-refractivity contribution in [3.05, 3.63) is 35.4 Å². The number of hydrogen-bond donors (Lipinski definition) is 2. The van der Waals surface area contributed by atoms with Crippen LogP contribution in [0.1, 0.15) is 49.8 Å². The highest BCUT2D eigenvalue weighted by atomic mass is 16.5. The zero-order valence-electron chi connectivity index (χ0n) is 12.6. The summed E-state index contributed by atoms with van der Waals surface area (Å²) in [7, 11) is 0. The smallest absolute Gasteiger partial charge is 0.0914 e. The predicted molar refractivity (Wildman–Crippen MR) is 81.9 cm³/mol. The minimum atomic E-state index is -0.430. The van der Waals surface area contributed by atoms with E-state index in [9.17, 15) is 5.11 Å². The van der Waals surface area contributed by atoms with Crippen molar-refractivity contribution in [3.8, 4) is 0 Å². The van der Waals surface area contributed by atoms with Gasteiger partial charge in [-0.05, 0) is 35.8 Å². The van der Waals surface area contributed by atoms with Crippen LogP contribution in [0.4, 0.5) is 0 Å². The van der Waals surface area contributed by atoms with Gasteiger partial charge in [-0.3, -0.25) is 0 Å². The van der Waals surface area contributed by atoms with E-state index in [-0.39, 0.29) is 0 Å². The van der Waals surface area contributed by atoms with Gasteiger partial charge in [0.05, 0.1) is 12.7 Å². The van der Waals surface area contributed by atoms with Gasteiger partial charge in [-0.1, -0.05) is 38.1 Å². The summed E-state index contributed by atoms with van der Waals surface area (Å²) in [6.07, 6.45) is 1.96. The summed E-state index contributed by atoms with van der Waals surface area (Å²) in [6, 6.07) is 8.28. The molecular formula is C17H27NO2. The Morgan fingerprint density at radius 3 is 2.55 bits per heavy atom. The van der Waals surface area contributed by atoms with Crippen LogP contribution >= 0.6 is 0 Å². The van der Waals surface area contributed by atoms with E-state index in [2.05, 4.69) is 31.3 Å². The molecule has 0 saturated carbocycles. The Morgan fingerprint density at radius 1 is 1.25 bits per heavy atom. The summed E-state index contributed by atoms with van der Waals surface area (Å²) in [5.74, 6) is 1.13. The SMILES string of the molecule is CC(C)c1ccc(C(O)CNCC2CCCOC2)cc1. The molecule has 1 saturated heterocycles. The standard InChI is InChI=1S/C17H27NO2/c1-13(2)15-5-7-16(8-6-15)17(19)11-18-10-14-4-3-9-20-12-14/h5-8,13-14,17-19H,3-4,9-12H2,1-2H3. The molecule has 20 heavy (non-hydrogen) atoms. The van der Waals surface area contributed by atoms with Gasteiger partial charge in [0.1, 0.15) is 0 Å². The van der Waals surface area contributed by atoms with E-state index in [0.29, 0.717) is 18.4 Å². The zero-order valence-corrected chi connectivity index (χ0v) is 12.6. The van der Waals surface area contributed by atoms with Gasteiger partial charge in [-0.25, -0.2) is 0 Å². The fourth-order valence-electron chi connectivity index (χ4n) is 2.61. The van der Waals surface area contributed by atoms with Crippen molar-refractivity contribution in [2.75, 3.05) is 26.3 Å². The van der Waals surface area contributed by atoms with E-state index in [0.717, 1.165) is 31.7 Å². The van der Waals surface area contributed by atoms with Crippen molar-refractivity contribution < 1.29 is 9.84 Å². The lowest BCUT2D eigenvalue weighted by molar-refractivity contribution is 0.0532. The second-order valence-electron chi connectivity index (χ2n) is 6.08. The second-order valence-corrected chi connectivity index (χ2v) is 6.08. The first-order valence-corrected chi connectivity index (χ1v) is 7.73. The molecule has 2 atom stereocenters. The van der Waals surface area contributed by atoms with Crippen LogP contribution in [0.3, 0.4) is 0 Å². The maximum Gasteiger partial charge on any atom is 0.0914 e. The topological polar surface area (TPSA) is 41.5 Å². The number of aliphatic hydroxyl groups is 1. The molecule has 0 spiro atoms. The van der Waals surface area contributed by atoms with Crippen LogP contribution < -0.4 is 5.32 Å². The summed E-state index contributed by atoms with van der Waals surface area (Å²) >= 11 is 0. The largest absolute Gasteiger partial charge is 0.387 e. The Labute approximate surface area is 122 Å². The van der Waals surface area contributed by atoms with E-state index in [1.807, 2.05) is 12.1 Å². The van der Waals surface area contributed by atoms with Crippen LogP contribution in [0.2, 0.25) is 0 Å². The van der Waals surface area contributed by atoms with E-state index >= 15 is 0 Å². The van der Waals surface area contributed by atoms with E-state index in [4.69, 9.17) is 4.74 Å². The molecule has 1 aliphatic rings. The van der Waals surface area contributed by atoms with Crippen LogP contribution in [-0.2, 0) is 4.74 Å². The highest BCUT2D eigenvalue weighted by molar-refractivity contribution is 5.26. The van der Waals surface area contributed by atoms with Gasteiger partial charge in [0.15, 0.2) is 0 Å². The molecule has 1 aliphatic heterocycles. The predicted octanol–water partition coefficient (Wildman–Crippen LogP) is 2.86. The third kappa shape index (κ3) is 4.58. The van der Waals surface area contributed by atoms with Gasteiger partial charge in [0.2, 0.25) is 0 Å². The van der Waals surface area contributed by atoms with Crippen molar-refractivity contribution >= 4 is 0 Å². The lowest BCUT2D eigenvalue weighted by Crippen LogP contribution is -2.31. The maximum atomic E-state index is 10.2. The van der Waals surface area contributed by atoms with Gasteiger partial charge in [-0.2, -0.15) is 0 Å². The zero-order chi connectivity index (χ0) is 14.4. The third-order valence-electron chi connectivity index (χ3n) is 4.01. The van der Waals surface area contributed by atoms with Crippen LogP contribution in [0.25, 0.3) is 0 Å². The average Bonchev–Trinajstić information content (AvgIpc) is 2.48. The molecule has 3 heteroatoms. The fourth-order valence-corrected chi connectivity index (χ4v) is 2.61. The van der Waals surface area contributed by atoms with Gasteiger partial charge < -0.3 is 15.2 Å². The maximum absolute atomic E-state index is 10.2. The molecule has 2 rings (SSSR count). The molecule has 0 aromatic heterocycles. The van der Waals surface area contributed by atoms with Gasteiger partial charge in [-0.15, -0.1) is 0 Å². The highest BCUT2D eigenvalue weighted by Crippen LogP contribution is 2.18. The van der Waals surface area contributed by atoms with Crippen molar-refractivity contribution in [2.24, 2.45) is 5.92 Å². The van der Waals surface area contributed by atoms with Gasteiger partial charge in [0.25, 0.3) is 0 Å². The van der Waals surface area contributed by atoms with Crippen molar-refractivity contribution in [2.45, 2.75) is 38.7 Å².